The van der Waals surface area contributed by atoms with E-state index in [4.69, 9.17) is 0 Å². The summed E-state index contributed by atoms with van der Waals surface area (Å²) in [5.74, 6) is 0.00571. The second kappa shape index (κ2) is 6.57. The van der Waals surface area contributed by atoms with Gasteiger partial charge in [0.15, 0.2) is 0 Å². The number of rotatable bonds is 4. The summed E-state index contributed by atoms with van der Waals surface area (Å²) >= 11 is 0. The zero-order valence-electron chi connectivity index (χ0n) is 13.0. The second-order valence-electron chi connectivity index (χ2n) is 6.35. The highest BCUT2D eigenvalue weighted by Gasteiger charge is 2.17. The van der Waals surface area contributed by atoms with Gasteiger partial charge in [0, 0.05) is 11.1 Å². The molecule has 0 saturated carbocycles. The molecule has 1 N–H and O–H groups in total. The van der Waals surface area contributed by atoms with Crippen molar-refractivity contribution in [2.24, 2.45) is 0 Å². The lowest BCUT2D eigenvalue weighted by molar-refractivity contribution is 0.0918. The van der Waals surface area contributed by atoms with Crippen molar-refractivity contribution >= 4 is 5.91 Å². The number of hydrogen-bond donors (Lipinski definition) is 1. The van der Waals surface area contributed by atoms with Gasteiger partial charge in [0.05, 0.1) is 0 Å². The number of hydrogen-bond acceptors (Lipinski definition) is 1. The van der Waals surface area contributed by atoms with Gasteiger partial charge in [-0.1, -0.05) is 48.5 Å². The van der Waals surface area contributed by atoms with Crippen LogP contribution in [0.4, 0.5) is 0 Å². The molecule has 0 unspecified atom stereocenters. The van der Waals surface area contributed by atoms with Crippen LogP contribution in [-0.4, -0.2) is 11.4 Å². The first kappa shape index (κ1) is 15.3. The smallest absolute Gasteiger partial charge is 0.251 e. The second-order valence-corrected chi connectivity index (χ2v) is 6.35. The summed E-state index contributed by atoms with van der Waals surface area (Å²) in [5, 5.41) is 3.04. The van der Waals surface area contributed by atoms with Crippen molar-refractivity contribution in [1.29, 1.82) is 0 Å². The lowest BCUT2D eigenvalue weighted by atomic mass is 9.98. The molecule has 2 aromatic carbocycles. The zero-order chi connectivity index (χ0) is 15.3. The Balaban J connectivity index is 2.12. The van der Waals surface area contributed by atoms with Gasteiger partial charge in [-0.05, 0) is 50.8 Å². The standard InChI is InChI=1S/C19H23NO/c1-19(2,3)20-18(21)17-12-8-7-11-16(17)14-13-15-9-5-4-6-10-15/h4-12H,13-14H2,1-3H3,(H,20,21). The molecule has 0 spiro atoms. The van der Waals surface area contributed by atoms with E-state index in [1.807, 2.05) is 63.2 Å². The molecule has 0 aliphatic heterocycles. The van der Waals surface area contributed by atoms with Crippen LogP contribution in [0.3, 0.4) is 0 Å². The Morgan fingerprint density at radius 3 is 2.19 bits per heavy atom. The SMILES string of the molecule is CC(C)(C)NC(=O)c1ccccc1CCc1ccccc1. The number of amides is 1. The van der Waals surface area contributed by atoms with Gasteiger partial charge in [-0.3, -0.25) is 4.79 Å². The van der Waals surface area contributed by atoms with E-state index in [-0.39, 0.29) is 11.4 Å². The quantitative estimate of drug-likeness (QED) is 0.901. The average molecular weight is 281 g/mol. The Labute approximate surface area is 127 Å². The Bertz CT molecular complexity index is 596. The molecule has 2 rings (SSSR count). The van der Waals surface area contributed by atoms with Crippen molar-refractivity contribution in [3.63, 3.8) is 0 Å². The van der Waals surface area contributed by atoms with Crippen molar-refractivity contribution in [2.75, 3.05) is 0 Å². The maximum absolute atomic E-state index is 12.4. The summed E-state index contributed by atoms with van der Waals surface area (Å²) in [5.41, 5.74) is 2.96. The van der Waals surface area contributed by atoms with E-state index in [1.54, 1.807) is 0 Å². The van der Waals surface area contributed by atoms with Crippen LogP contribution < -0.4 is 5.32 Å². The highest BCUT2D eigenvalue weighted by molar-refractivity contribution is 5.96. The highest BCUT2D eigenvalue weighted by Crippen LogP contribution is 2.14. The molecule has 0 aliphatic carbocycles. The van der Waals surface area contributed by atoms with Crippen LogP contribution in [0.25, 0.3) is 0 Å². The van der Waals surface area contributed by atoms with Crippen LogP contribution in [0.15, 0.2) is 54.6 Å². The van der Waals surface area contributed by atoms with E-state index in [1.165, 1.54) is 5.56 Å². The first-order chi connectivity index (χ1) is 9.96. The maximum atomic E-state index is 12.4. The van der Waals surface area contributed by atoms with E-state index in [0.29, 0.717) is 0 Å². The van der Waals surface area contributed by atoms with Crippen molar-refractivity contribution in [2.45, 2.75) is 39.2 Å². The average Bonchev–Trinajstić information content (AvgIpc) is 2.45. The molecule has 1 amide bonds. The van der Waals surface area contributed by atoms with E-state index >= 15 is 0 Å². The number of benzene rings is 2. The molecule has 0 bridgehead atoms. The summed E-state index contributed by atoms with van der Waals surface area (Å²) in [4.78, 5) is 12.4. The molecule has 0 radical (unpaired) electrons. The van der Waals surface area contributed by atoms with Crippen LogP contribution in [-0.2, 0) is 12.8 Å². The monoisotopic (exact) mass is 281 g/mol. The van der Waals surface area contributed by atoms with Gasteiger partial charge in [0.1, 0.15) is 0 Å². The first-order valence-corrected chi connectivity index (χ1v) is 7.40. The third kappa shape index (κ3) is 4.75. The molecule has 21 heavy (non-hydrogen) atoms. The third-order valence-electron chi connectivity index (χ3n) is 3.28. The van der Waals surface area contributed by atoms with E-state index < -0.39 is 0 Å². The summed E-state index contributed by atoms with van der Waals surface area (Å²) in [6.45, 7) is 5.99. The van der Waals surface area contributed by atoms with E-state index in [2.05, 4.69) is 17.4 Å². The van der Waals surface area contributed by atoms with Crippen LogP contribution in [0.5, 0.6) is 0 Å². The summed E-state index contributed by atoms with van der Waals surface area (Å²) < 4.78 is 0. The molecule has 0 atom stereocenters. The Morgan fingerprint density at radius 1 is 0.905 bits per heavy atom. The van der Waals surface area contributed by atoms with Crippen molar-refractivity contribution in [3.8, 4) is 0 Å². The van der Waals surface area contributed by atoms with Gasteiger partial charge in [-0.2, -0.15) is 0 Å². The van der Waals surface area contributed by atoms with Gasteiger partial charge in [-0.25, -0.2) is 0 Å². The van der Waals surface area contributed by atoms with E-state index in [0.717, 1.165) is 24.0 Å². The van der Waals surface area contributed by atoms with Crippen molar-refractivity contribution < 1.29 is 4.79 Å². The third-order valence-corrected chi connectivity index (χ3v) is 3.28. The lowest BCUT2D eigenvalue weighted by Gasteiger charge is -2.21. The molecule has 110 valence electrons. The van der Waals surface area contributed by atoms with Crippen molar-refractivity contribution in [3.05, 3.63) is 71.3 Å². The molecule has 0 aliphatic rings. The fourth-order valence-corrected chi connectivity index (χ4v) is 2.29. The molecular formula is C19H23NO. The normalized spacial score (nSPS) is 11.2. The fourth-order valence-electron chi connectivity index (χ4n) is 2.29. The molecule has 0 heterocycles. The molecule has 0 aromatic heterocycles. The summed E-state index contributed by atoms with van der Waals surface area (Å²) in [6, 6.07) is 18.2. The minimum Gasteiger partial charge on any atom is -0.347 e. The lowest BCUT2D eigenvalue weighted by Crippen LogP contribution is -2.40. The minimum absolute atomic E-state index is 0.00571. The minimum atomic E-state index is -0.219. The van der Waals surface area contributed by atoms with Gasteiger partial charge in [-0.15, -0.1) is 0 Å². The summed E-state index contributed by atoms with van der Waals surface area (Å²) in [7, 11) is 0. The number of nitrogens with one attached hydrogen (secondary N) is 1. The predicted octanol–water partition coefficient (Wildman–Crippen LogP) is 4.00. The maximum Gasteiger partial charge on any atom is 0.251 e. The Kier molecular flexibility index (Phi) is 4.79. The number of carbonyl (C=O) groups excluding carboxylic acids is 1. The highest BCUT2D eigenvalue weighted by atomic mass is 16.1. The van der Waals surface area contributed by atoms with Gasteiger partial charge >= 0.3 is 0 Å². The molecule has 0 fully saturated rings. The van der Waals surface area contributed by atoms with Crippen LogP contribution in [0, 0.1) is 0 Å². The Hall–Kier alpha value is -2.09. The summed E-state index contributed by atoms with van der Waals surface area (Å²) in [6.07, 6.45) is 1.82. The van der Waals surface area contributed by atoms with Crippen LogP contribution >= 0.6 is 0 Å². The van der Waals surface area contributed by atoms with Gasteiger partial charge in [0.2, 0.25) is 0 Å². The fraction of sp³-hybridized carbons (Fsp3) is 0.316. The molecule has 2 heteroatoms. The zero-order valence-corrected chi connectivity index (χ0v) is 13.0. The van der Waals surface area contributed by atoms with Gasteiger partial charge in [0.25, 0.3) is 5.91 Å². The molecule has 2 aromatic rings. The van der Waals surface area contributed by atoms with Gasteiger partial charge < -0.3 is 5.32 Å². The topological polar surface area (TPSA) is 29.1 Å². The molecule has 2 nitrogen and oxygen atoms in total. The molecule has 0 saturated heterocycles. The first-order valence-electron chi connectivity index (χ1n) is 7.40. The van der Waals surface area contributed by atoms with Crippen LogP contribution in [0.1, 0.15) is 42.3 Å². The Morgan fingerprint density at radius 2 is 1.52 bits per heavy atom. The van der Waals surface area contributed by atoms with E-state index in [9.17, 15) is 4.79 Å². The van der Waals surface area contributed by atoms with Crippen LogP contribution in [0.2, 0.25) is 0 Å². The van der Waals surface area contributed by atoms with Crippen molar-refractivity contribution in [1.82, 2.24) is 5.32 Å². The number of carbonyl (C=O) groups is 1. The molecular weight excluding hydrogens is 258 g/mol. The number of aryl methyl sites for hydroxylation is 2. The largest absolute Gasteiger partial charge is 0.347 e. The predicted molar refractivity (Wildman–Crippen MR) is 87.5 cm³/mol.